The van der Waals surface area contributed by atoms with Crippen LogP contribution in [0, 0.1) is 0 Å². The first-order valence-electron chi connectivity index (χ1n) is 6.49. The Balaban J connectivity index is 2.08. The number of ether oxygens (including phenoxy) is 2. The maximum Gasteiger partial charge on any atom is 0.422 e. The second-order valence-corrected chi connectivity index (χ2v) is 4.53. The molecule has 0 aliphatic carbocycles. The summed E-state index contributed by atoms with van der Waals surface area (Å²) in [6, 6.07) is 10.2. The molecule has 0 unspecified atom stereocenters. The molecule has 0 spiro atoms. The second-order valence-electron chi connectivity index (χ2n) is 4.53. The summed E-state index contributed by atoms with van der Waals surface area (Å²) in [6.07, 6.45) is -4.33. The molecule has 114 valence electrons. The van der Waals surface area contributed by atoms with E-state index in [9.17, 15) is 13.2 Å². The van der Waals surface area contributed by atoms with Gasteiger partial charge in [-0.1, -0.05) is 12.1 Å². The van der Waals surface area contributed by atoms with E-state index in [-0.39, 0.29) is 5.75 Å². The number of hydrogen-bond donors (Lipinski definition) is 1. The van der Waals surface area contributed by atoms with Crippen LogP contribution in [0.1, 0.15) is 0 Å². The van der Waals surface area contributed by atoms with Crippen LogP contribution in [-0.4, -0.2) is 33.0 Å². The molecule has 0 radical (unpaired) electrons. The number of likely N-dealkylation sites (N-methyl/N-ethyl adjacent to an activating group) is 1. The summed E-state index contributed by atoms with van der Waals surface area (Å²) in [7, 11) is 1.84. The highest BCUT2D eigenvalue weighted by molar-refractivity contribution is 5.85. The Labute approximate surface area is 120 Å². The van der Waals surface area contributed by atoms with E-state index in [1.165, 1.54) is 6.07 Å². The van der Waals surface area contributed by atoms with Crippen LogP contribution in [0.25, 0.3) is 10.8 Å². The number of fused-ring (bicyclic) bond motifs is 1. The van der Waals surface area contributed by atoms with Gasteiger partial charge in [-0.2, -0.15) is 13.2 Å². The lowest BCUT2D eigenvalue weighted by Gasteiger charge is -2.10. The van der Waals surface area contributed by atoms with Crippen LogP contribution < -0.4 is 14.8 Å². The Morgan fingerprint density at radius 2 is 1.52 bits per heavy atom. The van der Waals surface area contributed by atoms with E-state index in [2.05, 4.69) is 5.32 Å². The molecule has 0 aromatic heterocycles. The highest BCUT2D eigenvalue weighted by Crippen LogP contribution is 2.26. The molecule has 6 heteroatoms. The van der Waals surface area contributed by atoms with Gasteiger partial charge in [0.05, 0.1) is 0 Å². The predicted molar refractivity (Wildman–Crippen MR) is 74.9 cm³/mol. The highest BCUT2D eigenvalue weighted by Gasteiger charge is 2.28. The topological polar surface area (TPSA) is 30.5 Å². The normalized spacial score (nSPS) is 11.6. The molecule has 2 aromatic rings. The van der Waals surface area contributed by atoms with Crippen molar-refractivity contribution in [2.45, 2.75) is 6.18 Å². The SMILES string of the molecule is CNCCOc1ccc2cc(OCC(F)(F)F)ccc2c1. The number of benzene rings is 2. The number of hydrogen-bond acceptors (Lipinski definition) is 3. The molecule has 2 aromatic carbocycles. The molecule has 0 amide bonds. The fraction of sp³-hybridized carbons (Fsp3) is 0.333. The highest BCUT2D eigenvalue weighted by atomic mass is 19.4. The predicted octanol–water partition coefficient (Wildman–Crippen LogP) is 3.38. The van der Waals surface area contributed by atoms with Gasteiger partial charge in [-0.25, -0.2) is 0 Å². The average Bonchev–Trinajstić information content (AvgIpc) is 2.44. The lowest BCUT2D eigenvalue weighted by atomic mass is 10.1. The van der Waals surface area contributed by atoms with E-state index < -0.39 is 12.8 Å². The third-order valence-corrected chi connectivity index (χ3v) is 2.81. The standard InChI is InChI=1S/C15H16F3NO2/c1-19-6-7-20-13-4-2-12-9-14(5-3-11(12)8-13)21-10-15(16,17)18/h2-5,8-9,19H,6-7,10H2,1H3. The smallest absolute Gasteiger partial charge is 0.422 e. The van der Waals surface area contributed by atoms with Crippen molar-refractivity contribution < 1.29 is 22.6 Å². The molecule has 0 saturated heterocycles. The van der Waals surface area contributed by atoms with Crippen LogP contribution in [0.5, 0.6) is 11.5 Å². The fourth-order valence-electron chi connectivity index (χ4n) is 1.82. The molecule has 0 bridgehead atoms. The molecular formula is C15H16F3NO2. The number of halogens is 3. The van der Waals surface area contributed by atoms with Gasteiger partial charge in [0.15, 0.2) is 6.61 Å². The summed E-state index contributed by atoms with van der Waals surface area (Å²) in [5.41, 5.74) is 0. The van der Waals surface area contributed by atoms with Crippen molar-refractivity contribution in [3.8, 4) is 11.5 Å². The van der Waals surface area contributed by atoms with E-state index in [0.717, 1.165) is 23.1 Å². The largest absolute Gasteiger partial charge is 0.492 e. The third-order valence-electron chi connectivity index (χ3n) is 2.81. The van der Waals surface area contributed by atoms with Crippen molar-refractivity contribution in [3.05, 3.63) is 36.4 Å². The summed E-state index contributed by atoms with van der Waals surface area (Å²) < 4.78 is 46.6. The first kappa shape index (κ1) is 15.4. The van der Waals surface area contributed by atoms with Crippen LogP contribution in [0.4, 0.5) is 13.2 Å². The van der Waals surface area contributed by atoms with Gasteiger partial charge >= 0.3 is 6.18 Å². The zero-order valence-electron chi connectivity index (χ0n) is 11.5. The second kappa shape index (κ2) is 6.67. The monoisotopic (exact) mass is 299 g/mol. The van der Waals surface area contributed by atoms with Gasteiger partial charge in [-0.15, -0.1) is 0 Å². The summed E-state index contributed by atoms with van der Waals surface area (Å²) in [5.74, 6) is 0.922. The van der Waals surface area contributed by atoms with Crippen LogP contribution >= 0.6 is 0 Å². The van der Waals surface area contributed by atoms with Gasteiger partial charge in [-0.3, -0.25) is 0 Å². The molecular weight excluding hydrogens is 283 g/mol. The van der Waals surface area contributed by atoms with Crippen molar-refractivity contribution in [3.63, 3.8) is 0 Å². The minimum Gasteiger partial charge on any atom is -0.492 e. The van der Waals surface area contributed by atoms with Crippen LogP contribution in [-0.2, 0) is 0 Å². The third kappa shape index (κ3) is 4.82. The van der Waals surface area contributed by atoms with Crippen molar-refractivity contribution in [2.75, 3.05) is 26.8 Å². The number of nitrogens with one attached hydrogen (secondary N) is 1. The van der Waals surface area contributed by atoms with Crippen molar-refractivity contribution in [1.29, 1.82) is 0 Å². The quantitative estimate of drug-likeness (QED) is 0.830. The molecule has 3 nitrogen and oxygen atoms in total. The van der Waals surface area contributed by atoms with Gasteiger partial charge in [0, 0.05) is 6.54 Å². The Morgan fingerprint density at radius 1 is 0.952 bits per heavy atom. The van der Waals surface area contributed by atoms with Gasteiger partial charge in [0.25, 0.3) is 0 Å². The zero-order chi connectivity index (χ0) is 15.3. The van der Waals surface area contributed by atoms with Gasteiger partial charge in [0.1, 0.15) is 18.1 Å². The summed E-state index contributed by atoms with van der Waals surface area (Å²) in [6.45, 7) is 0.000754. The van der Waals surface area contributed by atoms with Gasteiger partial charge in [0.2, 0.25) is 0 Å². The van der Waals surface area contributed by atoms with Crippen LogP contribution in [0.2, 0.25) is 0 Å². The maximum atomic E-state index is 12.1. The van der Waals surface area contributed by atoms with Crippen LogP contribution in [0.3, 0.4) is 0 Å². The lowest BCUT2D eigenvalue weighted by Crippen LogP contribution is -2.19. The lowest BCUT2D eigenvalue weighted by molar-refractivity contribution is -0.153. The van der Waals surface area contributed by atoms with Crippen LogP contribution in [0.15, 0.2) is 36.4 Å². The zero-order valence-corrected chi connectivity index (χ0v) is 11.5. The van der Waals surface area contributed by atoms with Gasteiger partial charge < -0.3 is 14.8 Å². The van der Waals surface area contributed by atoms with Crippen molar-refractivity contribution in [2.24, 2.45) is 0 Å². The van der Waals surface area contributed by atoms with Crippen molar-refractivity contribution >= 4 is 10.8 Å². The Hall–Kier alpha value is -1.95. The summed E-state index contributed by atoms with van der Waals surface area (Å²) in [4.78, 5) is 0. The maximum absolute atomic E-state index is 12.1. The molecule has 0 heterocycles. The molecule has 0 aliphatic rings. The molecule has 0 fully saturated rings. The van der Waals surface area contributed by atoms with Gasteiger partial charge in [-0.05, 0) is 42.1 Å². The summed E-state index contributed by atoms with van der Waals surface area (Å²) >= 11 is 0. The Morgan fingerprint density at radius 3 is 2.05 bits per heavy atom. The molecule has 2 rings (SSSR count). The summed E-state index contributed by atoms with van der Waals surface area (Å²) in [5, 5.41) is 4.66. The Kier molecular flexibility index (Phi) is 4.90. The molecule has 0 aliphatic heterocycles. The molecule has 0 atom stereocenters. The van der Waals surface area contributed by atoms with Crippen molar-refractivity contribution in [1.82, 2.24) is 5.32 Å². The van der Waals surface area contributed by atoms with E-state index in [4.69, 9.17) is 9.47 Å². The van der Waals surface area contributed by atoms with E-state index >= 15 is 0 Å². The van der Waals surface area contributed by atoms with E-state index in [1.54, 1.807) is 24.3 Å². The number of rotatable bonds is 6. The Bertz CT molecular complexity index is 599. The fourth-order valence-corrected chi connectivity index (χ4v) is 1.82. The first-order valence-corrected chi connectivity index (χ1v) is 6.49. The minimum absolute atomic E-state index is 0.198. The molecule has 21 heavy (non-hydrogen) atoms. The van der Waals surface area contributed by atoms with E-state index in [0.29, 0.717) is 6.61 Å². The number of alkyl halides is 3. The minimum atomic E-state index is -4.33. The first-order chi connectivity index (χ1) is 9.98. The molecule has 1 N–H and O–H groups in total. The average molecular weight is 299 g/mol. The molecule has 0 saturated carbocycles. The van der Waals surface area contributed by atoms with E-state index in [1.807, 2.05) is 13.1 Å².